The van der Waals surface area contributed by atoms with Crippen molar-refractivity contribution >= 4 is 18.0 Å². The largest absolute Gasteiger partial charge is 0.496 e. The second kappa shape index (κ2) is 9.36. The van der Waals surface area contributed by atoms with Gasteiger partial charge in [0, 0.05) is 30.4 Å². The van der Waals surface area contributed by atoms with E-state index in [1.807, 2.05) is 60.8 Å². The Hall–Kier alpha value is -3.87. The van der Waals surface area contributed by atoms with Crippen molar-refractivity contribution in [1.82, 2.24) is 15.1 Å². The number of hydrogen-bond acceptors (Lipinski definition) is 5. The van der Waals surface area contributed by atoms with Gasteiger partial charge in [0.15, 0.2) is 6.61 Å². The first-order valence-corrected chi connectivity index (χ1v) is 8.96. The van der Waals surface area contributed by atoms with Crippen LogP contribution >= 0.6 is 0 Å². The lowest BCUT2D eigenvalue weighted by Crippen LogP contribution is -2.24. The van der Waals surface area contributed by atoms with Gasteiger partial charge in [0.1, 0.15) is 11.4 Å². The van der Waals surface area contributed by atoms with Crippen LogP contribution in [0.3, 0.4) is 0 Å². The summed E-state index contributed by atoms with van der Waals surface area (Å²) in [6.07, 6.45) is 4.70. The van der Waals surface area contributed by atoms with E-state index in [-0.39, 0.29) is 12.5 Å². The molecule has 0 aliphatic rings. The van der Waals surface area contributed by atoms with Crippen molar-refractivity contribution in [2.45, 2.75) is 0 Å². The van der Waals surface area contributed by atoms with Gasteiger partial charge in [-0.3, -0.25) is 4.79 Å². The number of carbonyl (C=O) groups is 2. The van der Waals surface area contributed by atoms with E-state index in [0.717, 1.165) is 11.3 Å². The fraction of sp³-hybridized carbons (Fsp3) is 0.136. The number of likely N-dealkylation sites (N-methyl/N-ethyl adjacent to an activating group) is 1. The molecule has 29 heavy (non-hydrogen) atoms. The summed E-state index contributed by atoms with van der Waals surface area (Å²) in [5.41, 5.74) is 3.03. The van der Waals surface area contributed by atoms with Crippen LogP contribution in [0.15, 0.2) is 66.9 Å². The molecule has 0 spiro atoms. The molecule has 1 heterocycles. The van der Waals surface area contributed by atoms with Crippen LogP contribution in [0, 0.1) is 0 Å². The average Bonchev–Trinajstić information content (AvgIpc) is 3.20. The molecule has 3 rings (SSSR count). The number of methoxy groups -OCH3 is 1. The molecule has 0 saturated carbocycles. The molecule has 1 aromatic heterocycles. The number of rotatable bonds is 7. The number of ether oxygens (including phenoxy) is 2. The molecule has 0 atom stereocenters. The molecular weight excluding hydrogens is 370 g/mol. The molecule has 0 saturated heterocycles. The Morgan fingerprint density at radius 3 is 2.55 bits per heavy atom. The Morgan fingerprint density at radius 1 is 1.10 bits per heavy atom. The summed E-state index contributed by atoms with van der Waals surface area (Å²) in [7, 11) is 3.07. The normalized spacial score (nSPS) is 10.7. The average molecular weight is 391 g/mol. The Balaban J connectivity index is 1.96. The molecule has 1 N–H and O–H groups in total. The van der Waals surface area contributed by atoms with E-state index in [1.54, 1.807) is 17.9 Å². The van der Waals surface area contributed by atoms with Gasteiger partial charge >= 0.3 is 5.97 Å². The zero-order valence-electron chi connectivity index (χ0n) is 16.2. The smallest absolute Gasteiger partial charge is 0.331 e. The first-order chi connectivity index (χ1) is 14.1. The third kappa shape index (κ3) is 4.90. The van der Waals surface area contributed by atoms with E-state index in [9.17, 15) is 9.59 Å². The maximum atomic E-state index is 11.9. The van der Waals surface area contributed by atoms with Gasteiger partial charge in [-0.25, -0.2) is 9.48 Å². The highest BCUT2D eigenvalue weighted by Crippen LogP contribution is 2.32. The van der Waals surface area contributed by atoms with Crippen molar-refractivity contribution in [3.05, 3.63) is 72.4 Å². The SMILES string of the molecule is CNC(=O)COC(=O)/C=C/c1cn(-c2ccccc2)nc1-c1ccccc1OC. The van der Waals surface area contributed by atoms with Crippen LogP contribution < -0.4 is 10.1 Å². The number of hydrogen-bond donors (Lipinski definition) is 1. The van der Waals surface area contributed by atoms with Gasteiger partial charge in [0.2, 0.25) is 0 Å². The number of benzene rings is 2. The van der Waals surface area contributed by atoms with Crippen LogP contribution in [-0.2, 0) is 14.3 Å². The van der Waals surface area contributed by atoms with Crippen molar-refractivity contribution in [3.8, 4) is 22.7 Å². The summed E-state index contributed by atoms with van der Waals surface area (Å²) in [6, 6.07) is 17.2. The van der Waals surface area contributed by atoms with Crippen LogP contribution in [0.4, 0.5) is 0 Å². The Kier molecular flexibility index (Phi) is 6.42. The number of esters is 1. The highest BCUT2D eigenvalue weighted by atomic mass is 16.5. The monoisotopic (exact) mass is 391 g/mol. The number of para-hydroxylation sites is 2. The third-order valence-electron chi connectivity index (χ3n) is 4.15. The molecule has 148 valence electrons. The minimum atomic E-state index is -0.618. The van der Waals surface area contributed by atoms with E-state index in [4.69, 9.17) is 14.6 Å². The molecule has 0 radical (unpaired) electrons. The molecule has 3 aromatic rings. The summed E-state index contributed by atoms with van der Waals surface area (Å²) >= 11 is 0. The van der Waals surface area contributed by atoms with Crippen molar-refractivity contribution in [3.63, 3.8) is 0 Å². The lowest BCUT2D eigenvalue weighted by molar-refractivity contribution is -0.143. The maximum absolute atomic E-state index is 11.9. The minimum Gasteiger partial charge on any atom is -0.496 e. The number of nitrogens with zero attached hydrogens (tertiary/aromatic N) is 2. The summed E-state index contributed by atoms with van der Waals surface area (Å²) < 4.78 is 12.1. The predicted molar refractivity (Wildman–Crippen MR) is 110 cm³/mol. The molecule has 7 nitrogen and oxygen atoms in total. The van der Waals surface area contributed by atoms with Gasteiger partial charge in [0.25, 0.3) is 5.91 Å². The summed E-state index contributed by atoms with van der Waals surface area (Å²) in [6.45, 7) is -0.331. The minimum absolute atomic E-state index is 0.331. The van der Waals surface area contributed by atoms with Crippen LogP contribution in [0.2, 0.25) is 0 Å². The summed E-state index contributed by atoms with van der Waals surface area (Å²) in [4.78, 5) is 23.2. The topological polar surface area (TPSA) is 82.5 Å². The van der Waals surface area contributed by atoms with E-state index in [0.29, 0.717) is 17.0 Å². The van der Waals surface area contributed by atoms with E-state index >= 15 is 0 Å². The Bertz CT molecular complexity index is 1030. The van der Waals surface area contributed by atoms with Gasteiger partial charge in [-0.05, 0) is 30.3 Å². The molecule has 0 unspecified atom stereocenters. The number of nitrogens with one attached hydrogen (secondary N) is 1. The standard InChI is InChI=1S/C22H21N3O4/c1-23-20(26)15-29-21(27)13-12-16-14-25(17-8-4-3-5-9-17)24-22(16)18-10-6-7-11-19(18)28-2/h3-14H,15H2,1-2H3,(H,23,26)/b13-12+. The third-order valence-corrected chi connectivity index (χ3v) is 4.15. The molecule has 0 aliphatic heterocycles. The number of carbonyl (C=O) groups excluding carboxylic acids is 2. The number of aromatic nitrogens is 2. The van der Waals surface area contributed by atoms with Gasteiger partial charge in [-0.1, -0.05) is 30.3 Å². The Labute approximate surface area is 168 Å². The van der Waals surface area contributed by atoms with Crippen LogP contribution in [-0.4, -0.2) is 42.4 Å². The van der Waals surface area contributed by atoms with Crippen LogP contribution in [0.1, 0.15) is 5.56 Å². The lowest BCUT2D eigenvalue weighted by atomic mass is 10.1. The predicted octanol–water partition coefficient (Wildman–Crippen LogP) is 2.85. The molecule has 1 amide bonds. The van der Waals surface area contributed by atoms with Crippen molar-refractivity contribution in [2.75, 3.05) is 20.8 Å². The lowest BCUT2D eigenvalue weighted by Gasteiger charge is -2.06. The van der Waals surface area contributed by atoms with Gasteiger partial charge in [-0.2, -0.15) is 5.10 Å². The maximum Gasteiger partial charge on any atom is 0.331 e. The zero-order chi connectivity index (χ0) is 20.6. The fourth-order valence-electron chi connectivity index (χ4n) is 2.69. The second-order valence-electron chi connectivity index (χ2n) is 6.03. The highest BCUT2D eigenvalue weighted by molar-refractivity contribution is 5.90. The van der Waals surface area contributed by atoms with Crippen LogP contribution in [0.5, 0.6) is 5.75 Å². The quantitative estimate of drug-likeness (QED) is 0.495. The van der Waals surface area contributed by atoms with Gasteiger partial charge in [0.05, 0.1) is 12.8 Å². The van der Waals surface area contributed by atoms with E-state index in [1.165, 1.54) is 13.1 Å². The molecule has 0 fully saturated rings. The first kappa shape index (κ1) is 19.9. The van der Waals surface area contributed by atoms with Crippen molar-refractivity contribution in [2.24, 2.45) is 0 Å². The molecule has 2 aromatic carbocycles. The van der Waals surface area contributed by atoms with Gasteiger partial charge in [-0.15, -0.1) is 0 Å². The second-order valence-corrected chi connectivity index (χ2v) is 6.03. The van der Waals surface area contributed by atoms with E-state index in [2.05, 4.69) is 5.32 Å². The first-order valence-electron chi connectivity index (χ1n) is 8.96. The zero-order valence-corrected chi connectivity index (χ0v) is 16.2. The highest BCUT2D eigenvalue weighted by Gasteiger charge is 2.15. The Morgan fingerprint density at radius 2 is 1.83 bits per heavy atom. The summed E-state index contributed by atoms with van der Waals surface area (Å²) in [5.74, 6) is -0.326. The van der Waals surface area contributed by atoms with Gasteiger partial charge < -0.3 is 14.8 Å². The summed E-state index contributed by atoms with van der Waals surface area (Å²) in [5, 5.41) is 7.09. The molecular formula is C22H21N3O4. The van der Waals surface area contributed by atoms with Crippen molar-refractivity contribution in [1.29, 1.82) is 0 Å². The van der Waals surface area contributed by atoms with Crippen LogP contribution in [0.25, 0.3) is 23.0 Å². The molecule has 0 bridgehead atoms. The molecule has 7 heteroatoms. The fourth-order valence-corrected chi connectivity index (χ4v) is 2.69. The van der Waals surface area contributed by atoms with E-state index < -0.39 is 5.97 Å². The molecule has 0 aliphatic carbocycles. The van der Waals surface area contributed by atoms with Crippen molar-refractivity contribution < 1.29 is 19.1 Å². The number of amides is 1.